The zero-order valence-corrected chi connectivity index (χ0v) is 31.9. The van der Waals surface area contributed by atoms with Crippen LogP contribution in [0.15, 0.2) is 96.0 Å². The Morgan fingerprint density at radius 1 is 0.964 bits per heavy atom. The molecule has 0 atom stereocenters. The van der Waals surface area contributed by atoms with E-state index in [0.29, 0.717) is 34.6 Å². The minimum absolute atomic E-state index is 0. The molecule has 3 N–H and O–H groups in total. The molecule has 5 heterocycles. The SMILES string of the molecule is C.C[Si]1(C)C2=CC(=[N+]3CCC3)C=CC2=C(c2cc(C(=O)CCc3ccc(COc4nc(N)nc5nc[nH]c45)cc3)ccc2C(=O)[O-])c2ccc(N3CCC3)cc21. The summed E-state index contributed by atoms with van der Waals surface area (Å²) in [6.45, 7) is 9.22. The van der Waals surface area contributed by atoms with Crippen LogP contribution in [-0.4, -0.2) is 76.2 Å². The van der Waals surface area contributed by atoms with Crippen LogP contribution >= 0.6 is 0 Å². The van der Waals surface area contributed by atoms with E-state index in [9.17, 15) is 14.7 Å². The Kier molecular flexibility index (Phi) is 9.53. The van der Waals surface area contributed by atoms with Crippen molar-refractivity contribution in [2.45, 2.75) is 52.8 Å². The van der Waals surface area contributed by atoms with Gasteiger partial charge in [0.1, 0.15) is 33.3 Å². The number of hydrogen-bond acceptors (Lipinski definition) is 9. The van der Waals surface area contributed by atoms with Crippen molar-refractivity contribution in [2.75, 3.05) is 36.8 Å². The Morgan fingerprint density at radius 3 is 2.46 bits per heavy atom. The second-order valence-corrected chi connectivity index (χ2v) is 19.5. The van der Waals surface area contributed by atoms with Crippen LogP contribution < -0.4 is 25.7 Å². The van der Waals surface area contributed by atoms with Gasteiger partial charge in [0.2, 0.25) is 11.8 Å². The molecule has 0 unspecified atom stereocenters. The van der Waals surface area contributed by atoms with E-state index in [-0.39, 0.29) is 37.7 Å². The molecule has 0 bridgehead atoms. The highest BCUT2D eigenvalue weighted by Crippen LogP contribution is 2.43. The molecule has 3 aliphatic heterocycles. The highest BCUT2D eigenvalue weighted by molar-refractivity contribution is 6.98. The molecule has 0 amide bonds. The van der Waals surface area contributed by atoms with Gasteiger partial charge in [-0.15, -0.1) is 0 Å². The molecular weight excluding hydrogens is 719 g/mol. The summed E-state index contributed by atoms with van der Waals surface area (Å²) in [7, 11) is -2.23. The quantitative estimate of drug-likeness (QED) is 0.112. The third-order valence-corrected chi connectivity index (χ3v) is 15.0. The number of nitrogen functional groups attached to an aromatic ring is 1. The highest BCUT2D eigenvalue weighted by atomic mass is 28.3. The predicted molar refractivity (Wildman–Crippen MR) is 220 cm³/mol. The lowest BCUT2D eigenvalue weighted by Gasteiger charge is -2.40. The number of carboxylic acid groups (broad SMARTS) is 1. The average molecular weight is 764 g/mol. The Bertz CT molecular complexity index is 2540. The molecule has 0 saturated carbocycles. The van der Waals surface area contributed by atoms with Crippen molar-refractivity contribution in [2.24, 2.45) is 0 Å². The molecular formula is C44H45N7O4Si. The van der Waals surface area contributed by atoms with Crippen molar-refractivity contribution < 1.29 is 24.0 Å². The first-order chi connectivity index (χ1) is 26.6. The topological polar surface area (TPSA) is 153 Å². The molecule has 11 nitrogen and oxygen atoms in total. The maximum atomic E-state index is 13.9. The number of carboxylic acids is 1. The number of nitrogens with two attached hydrogens (primary N) is 1. The van der Waals surface area contributed by atoms with Gasteiger partial charge in [0.25, 0.3) is 0 Å². The van der Waals surface area contributed by atoms with Gasteiger partial charge in [-0.1, -0.05) is 63.0 Å². The minimum Gasteiger partial charge on any atom is -0.545 e. The molecule has 2 saturated heterocycles. The molecule has 3 aromatic carbocycles. The number of aryl methyl sites for hydroxylation is 1. The van der Waals surface area contributed by atoms with Crippen LogP contribution in [-0.2, 0) is 13.0 Å². The number of allylic oxidation sites excluding steroid dienone is 5. The molecule has 9 rings (SSSR count). The zero-order valence-electron chi connectivity index (χ0n) is 30.9. The van der Waals surface area contributed by atoms with E-state index < -0.39 is 14.0 Å². The molecule has 5 aromatic rings. The number of carbonyl (C=O) groups excluding carboxylic acids is 2. The first-order valence-corrected chi connectivity index (χ1v) is 21.9. The first kappa shape index (κ1) is 36.8. The molecule has 0 radical (unpaired) electrons. The van der Waals surface area contributed by atoms with Crippen molar-refractivity contribution in [3.8, 4) is 5.88 Å². The van der Waals surface area contributed by atoms with Gasteiger partial charge in [0, 0.05) is 48.5 Å². The van der Waals surface area contributed by atoms with Gasteiger partial charge in [0.05, 0.1) is 18.7 Å². The zero-order chi connectivity index (χ0) is 37.8. The van der Waals surface area contributed by atoms with Gasteiger partial charge in [-0.3, -0.25) is 4.79 Å². The summed E-state index contributed by atoms with van der Waals surface area (Å²) >= 11 is 0. The van der Waals surface area contributed by atoms with Gasteiger partial charge < -0.3 is 30.3 Å². The fourth-order valence-electron chi connectivity index (χ4n) is 8.04. The van der Waals surface area contributed by atoms with Crippen molar-refractivity contribution in [1.29, 1.82) is 0 Å². The van der Waals surface area contributed by atoms with Gasteiger partial charge in [0.15, 0.2) is 17.1 Å². The highest BCUT2D eigenvalue weighted by Gasteiger charge is 2.41. The number of ketones is 1. The van der Waals surface area contributed by atoms with Crippen LogP contribution in [0.4, 0.5) is 11.6 Å². The Balaban J connectivity index is 0.00000441. The molecule has 12 heteroatoms. The lowest BCUT2D eigenvalue weighted by Crippen LogP contribution is -2.50. The molecule has 2 fully saturated rings. The number of Topliss-reactive ketones (excluding diaryl/α,β-unsaturated/α-hetero) is 1. The molecule has 4 aliphatic rings. The van der Waals surface area contributed by atoms with Crippen molar-refractivity contribution in [3.63, 3.8) is 0 Å². The number of fused-ring (bicyclic) bond motifs is 3. The van der Waals surface area contributed by atoms with Gasteiger partial charge >= 0.3 is 0 Å². The maximum absolute atomic E-state index is 13.9. The summed E-state index contributed by atoms with van der Waals surface area (Å²) in [6.07, 6.45) is 11.3. The monoisotopic (exact) mass is 763 g/mol. The number of imidazole rings is 1. The third-order valence-electron chi connectivity index (χ3n) is 11.5. The number of nitrogens with one attached hydrogen (secondary N) is 1. The molecule has 0 spiro atoms. The Hall–Kier alpha value is -6.14. The second kappa shape index (κ2) is 14.5. The van der Waals surface area contributed by atoms with Crippen LogP contribution in [0.25, 0.3) is 16.7 Å². The number of nitrogens with zero attached hydrogens (tertiary/aromatic N) is 5. The summed E-state index contributed by atoms with van der Waals surface area (Å²) in [4.78, 5) is 44.4. The first-order valence-electron chi connectivity index (χ1n) is 18.9. The number of benzene rings is 3. The minimum atomic E-state index is -2.23. The van der Waals surface area contributed by atoms with Crippen molar-refractivity contribution >= 4 is 59.1 Å². The van der Waals surface area contributed by atoms with E-state index in [1.807, 2.05) is 24.3 Å². The van der Waals surface area contributed by atoms with Crippen LogP contribution in [0.5, 0.6) is 5.88 Å². The van der Waals surface area contributed by atoms with Crippen LogP contribution in [0, 0.1) is 0 Å². The largest absolute Gasteiger partial charge is 0.545 e. The number of ether oxygens (including phenoxy) is 1. The normalized spacial score (nSPS) is 16.7. The second-order valence-electron chi connectivity index (χ2n) is 15.2. The molecule has 284 valence electrons. The number of anilines is 2. The lowest BCUT2D eigenvalue weighted by atomic mass is 9.85. The van der Waals surface area contributed by atoms with E-state index in [0.717, 1.165) is 54.0 Å². The Morgan fingerprint density at radius 2 is 1.75 bits per heavy atom. The van der Waals surface area contributed by atoms with Crippen LogP contribution in [0.3, 0.4) is 0 Å². The fourth-order valence-corrected chi connectivity index (χ4v) is 11.1. The summed E-state index contributed by atoms with van der Waals surface area (Å²) < 4.78 is 8.33. The standard InChI is InChI=1S/C43H41N7O4Si.CH4/c1-55(2)36-22-29(49-17-3-18-49)11-14-32(36)38(33-15-12-30(23-37(33)55)50-19-4-20-50)34-21-28(10-13-31(34)42(52)53)35(51)16-9-26-5-7-27(8-6-26)24-54-41-39-40(46-25-45-39)47-43(44)48-41;/h5-8,10-15,21-23,25H,3-4,9,16-20,24H2,1-2H3,(H3-,44,45,46,47,48,52,53);1H4. The maximum Gasteiger partial charge on any atom is 0.245 e. The van der Waals surface area contributed by atoms with Gasteiger partial charge in [-0.25, -0.2) is 9.56 Å². The summed E-state index contributed by atoms with van der Waals surface area (Å²) in [5.41, 5.74) is 15.2. The average Bonchev–Trinajstić information content (AvgIpc) is 3.61. The van der Waals surface area contributed by atoms with Crippen LogP contribution in [0.2, 0.25) is 13.1 Å². The number of aromatic amines is 1. The van der Waals surface area contributed by atoms with Crippen molar-refractivity contribution in [1.82, 2.24) is 19.9 Å². The van der Waals surface area contributed by atoms with Gasteiger partial charge in [-0.05, 0) is 80.9 Å². The number of rotatable bonds is 10. The predicted octanol–water partition coefficient (Wildman–Crippen LogP) is 5.16. The summed E-state index contributed by atoms with van der Waals surface area (Å²) in [5.74, 6) is -0.907. The number of H-pyrrole nitrogens is 1. The van der Waals surface area contributed by atoms with Crippen LogP contribution in [0.1, 0.15) is 69.7 Å². The van der Waals surface area contributed by atoms with E-state index in [1.54, 1.807) is 18.2 Å². The number of hydrogen-bond donors (Lipinski definition) is 2. The van der Waals surface area contributed by atoms with Gasteiger partial charge in [-0.2, -0.15) is 9.97 Å². The molecule has 2 aromatic heterocycles. The third kappa shape index (κ3) is 6.53. The van der Waals surface area contributed by atoms with E-state index in [4.69, 9.17) is 10.5 Å². The summed E-state index contributed by atoms with van der Waals surface area (Å²) in [6, 6.07) is 19.5. The Labute approximate surface area is 327 Å². The number of aromatic carboxylic acids is 1. The van der Waals surface area contributed by atoms with E-state index in [1.165, 1.54) is 41.0 Å². The van der Waals surface area contributed by atoms with E-state index in [2.05, 4.69) is 78.9 Å². The smallest absolute Gasteiger partial charge is 0.245 e. The molecule has 1 aliphatic carbocycles. The molecule has 56 heavy (non-hydrogen) atoms. The fraction of sp³-hybridized carbons (Fsp3) is 0.273. The lowest BCUT2D eigenvalue weighted by molar-refractivity contribution is -0.582. The number of carbonyl (C=O) groups is 2. The number of aromatic nitrogens is 4. The summed E-state index contributed by atoms with van der Waals surface area (Å²) in [5, 5.41) is 15.3. The van der Waals surface area contributed by atoms with Crippen molar-refractivity contribution in [3.05, 3.63) is 129 Å². The van der Waals surface area contributed by atoms with E-state index >= 15 is 0 Å².